The number of aromatic hydroxyl groups is 1. The van der Waals surface area contributed by atoms with Gasteiger partial charge >= 0.3 is 0 Å². The number of allylic oxidation sites excluding steroid dienone is 1. The molecule has 2 aromatic carbocycles. The van der Waals surface area contributed by atoms with Crippen LogP contribution in [0.25, 0.3) is 0 Å². The van der Waals surface area contributed by atoms with Gasteiger partial charge in [0, 0.05) is 5.56 Å². The molecular weight excluding hydrogens is 292 g/mol. The van der Waals surface area contributed by atoms with E-state index < -0.39 is 0 Å². The molecule has 118 valence electrons. The Hall–Kier alpha value is -3.08. The predicted octanol–water partition coefficient (Wildman–Crippen LogP) is 2.89. The number of amides is 1. The molecule has 1 amide bonds. The number of ether oxygens (including phenoxy) is 1. The van der Waals surface area contributed by atoms with E-state index in [0.717, 1.165) is 5.56 Å². The minimum Gasteiger partial charge on any atom is -0.507 e. The van der Waals surface area contributed by atoms with Crippen molar-refractivity contribution in [2.45, 2.75) is 6.42 Å². The van der Waals surface area contributed by atoms with Gasteiger partial charge in [-0.3, -0.25) is 4.79 Å². The van der Waals surface area contributed by atoms with E-state index in [2.05, 4.69) is 17.1 Å². The molecule has 0 radical (unpaired) electrons. The summed E-state index contributed by atoms with van der Waals surface area (Å²) in [6, 6.07) is 12.2. The van der Waals surface area contributed by atoms with Gasteiger partial charge in [0.2, 0.25) is 0 Å². The first-order valence-electron chi connectivity index (χ1n) is 7.05. The van der Waals surface area contributed by atoms with Crippen LogP contribution in [-0.4, -0.2) is 24.3 Å². The van der Waals surface area contributed by atoms with E-state index in [1.54, 1.807) is 36.4 Å². The molecule has 0 aliphatic heterocycles. The van der Waals surface area contributed by atoms with Gasteiger partial charge in [0.05, 0.1) is 18.9 Å². The maximum absolute atomic E-state index is 12.1. The van der Waals surface area contributed by atoms with E-state index in [-0.39, 0.29) is 11.7 Å². The maximum atomic E-state index is 12.1. The monoisotopic (exact) mass is 310 g/mol. The van der Waals surface area contributed by atoms with Gasteiger partial charge in [0.1, 0.15) is 11.5 Å². The summed E-state index contributed by atoms with van der Waals surface area (Å²) in [7, 11) is 1.50. The molecule has 0 bridgehead atoms. The molecule has 0 heterocycles. The third-order valence-corrected chi connectivity index (χ3v) is 3.24. The first kappa shape index (κ1) is 16.3. The van der Waals surface area contributed by atoms with Crippen molar-refractivity contribution >= 4 is 12.1 Å². The van der Waals surface area contributed by atoms with Crippen molar-refractivity contribution < 1.29 is 14.6 Å². The van der Waals surface area contributed by atoms with E-state index in [1.807, 2.05) is 12.1 Å². The Kier molecular flexibility index (Phi) is 5.52. The molecule has 2 aromatic rings. The Bertz CT molecular complexity index is 739. The molecule has 0 fully saturated rings. The lowest BCUT2D eigenvalue weighted by molar-refractivity contribution is 0.0952. The van der Waals surface area contributed by atoms with Gasteiger partial charge in [0.15, 0.2) is 0 Å². The Morgan fingerprint density at radius 3 is 2.83 bits per heavy atom. The normalized spacial score (nSPS) is 10.5. The number of nitrogens with zero attached hydrogens (tertiary/aromatic N) is 1. The molecule has 5 nitrogen and oxygen atoms in total. The van der Waals surface area contributed by atoms with Gasteiger partial charge in [-0.2, -0.15) is 5.10 Å². The SMILES string of the molecule is C=CCc1cccc(/C=N/NC(=O)c2ccccc2OC)c1O. The molecule has 0 spiro atoms. The molecule has 23 heavy (non-hydrogen) atoms. The second kappa shape index (κ2) is 7.79. The van der Waals surface area contributed by atoms with Gasteiger partial charge in [-0.15, -0.1) is 6.58 Å². The van der Waals surface area contributed by atoms with Crippen molar-refractivity contribution in [2.75, 3.05) is 7.11 Å². The Labute approximate surface area is 134 Å². The zero-order valence-corrected chi connectivity index (χ0v) is 12.8. The molecule has 0 atom stereocenters. The summed E-state index contributed by atoms with van der Waals surface area (Å²) in [5, 5.41) is 14.0. The highest BCUT2D eigenvalue weighted by Gasteiger charge is 2.10. The highest BCUT2D eigenvalue weighted by Crippen LogP contribution is 2.21. The number of phenols is 1. The largest absolute Gasteiger partial charge is 0.507 e. The molecule has 0 aromatic heterocycles. The molecule has 0 unspecified atom stereocenters. The fourth-order valence-electron chi connectivity index (χ4n) is 2.09. The number of carbonyl (C=O) groups is 1. The number of hydrogen-bond acceptors (Lipinski definition) is 4. The van der Waals surface area contributed by atoms with E-state index in [9.17, 15) is 9.90 Å². The first-order chi connectivity index (χ1) is 11.2. The van der Waals surface area contributed by atoms with Crippen molar-refractivity contribution in [3.8, 4) is 11.5 Å². The second-order valence-electron chi connectivity index (χ2n) is 4.75. The van der Waals surface area contributed by atoms with Gasteiger partial charge in [-0.1, -0.05) is 30.3 Å². The average molecular weight is 310 g/mol. The van der Waals surface area contributed by atoms with Crippen LogP contribution in [0.15, 0.2) is 60.2 Å². The number of para-hydroxylation sites is 2. The lowest BCUT2D eigenvalue weighted by Gasteiger charge is -2.06. The topological polar surface area (TPSA) is 70.9 Å². The summed E-state index contributed by atoms with van der Waals surface area (Å²) in [6.07, 6.45) is 3.66. The lowest BCUT2D eigenvalue weighted by Crippen LogP contribution is -2.18. The third-order valence-electron chi connectivity index (χ3n) is 3.24. The van der Waals surface area contributed by atoms with Crippen LogP contribution in [0.4, 0.5) is 0 Å². The molecule has 0 aliphatic carbocycles. The molecule has 0 aliphatic rings. The summed E-state index contributed by atoms with van der Waals surface area (Å²) in [5.41, 5.74) is 4.07. The zero-order valence-electron chi connectivity index (χ0n) is 12.8. The van der Waals surface area contributed by atoms with Crippen molar-refractivity contribution in [1.82, 2.24) is 5.43 Å². The van der Waals surface area contributed by atoms with Crippen LogP contribution in [0.5, 0.6) is 11.5 Å². The van der Waals surface area contributed by atoms with Crippen LogP contribution in [0.1, 0.15) is 21.5 Å². The van der Waals surface area contributed by atoms with Crippen LogP contribution >= 0.6 is 0 Å². The minimum absolute atomic E-state index is 0.127. The van der Waals surface area contributed by atoms with Gasteiger partial charge in [-0.05, 0) is 30.2 Å². The molecule has 0 saturated carbocycles. The Morgan fingerprint density at radius 1 is 1.30 bits per heavy atom. The Balaban J connectivity index is 2.11. The number of methoxy groups -OCH3 is 1. The summed E-state index contributed by atoms with van der Waals surface area (Å²) < 4.78 is 5.13. The van der Waals surface area contributed by atoms with Gasteiger partial charge in [0.25, 0.3) is 5.91 Å². The summed E-state index contributed by atoms with van der Waals surface area (Å²) in [4.78, 5) is 12.1. The summed E-state index contributed by atoms with van der Waals surface area (Å²) >= 11 is 0. The maximum Gasteiger partial charge on any atom is 0.275 e. The van der Waals surface area contributed by atoms with Crippen LogP contribution in [-0.2, 0) is 6.42 Å². The van der Waals surface area contributed by atoms with E-state index in [4.69, 9.17) is 4.74 Å². The number of carbonyl (C=O) groups excluding carboxylic acids is 1. The van der Waals surface area contributed by atoms with Crippen molar-refractivity contribution in [2.24, 2.45) is 5.10 Å². The molecule has 0 saturated heterocycles. The predicted molar refractivity (Wildman–Crippen MR) is 90.1 cm³/mol. The number of rotatable bonds is 6. The lowest BCUT2D eigenvalue weighted by atomic mass is 10.1. The molecular formula is C18H18N2O3. The molecule has 2 N–H and O–H groups in total. The third kappa shape index (κ3) is 3.97. The van der Waals surface area contributed by atoms with Crippen molar-refractivity contribution in [3.05, 3.63) is 71.8 Å². The molecule has 5 heteroatoms. The van der Waals surface area contributed by atoms with Crippen molar-refractivity contribution in [3.63, 3.8) is 0 Å². The van der Waals surface area contributed by atoms with Crippen LogP contribution in [0, 0.1) is 0 Å². The van der Waals surface area contributed by atoms with E-state index in [1.165, 1.54) is 13.3 Å². The zero-order chi connectivity index (χ0) is 16.7. The number of benzene rings is 2. The smallest absolute Gasteiger partial charge is 0.275 e. The number of hydrogen-bond donors (Lipinski definition) is 2. The van der Waals surface area contributed by atoms with E-state index >= 15 is 0 Å². The quantitative estimate of drug-likeness (QED) is 0.489. The number of phenolic OH excluding ortho intramolecular Hbond substituents is 1. The fraction of sp³-hybridized carbons (Fsp3) is 0.111. The van der Waals surface area contributed by atoms with Crippen LogP contribution < -0.4 is 10.2 Å². The number of hydrazone groups is 1. The van der Waals surface area contributed by atoms with Crippen LogP contribution in [0.3, 0.4) is 0 Å². The number of nitrogens with one attached hydrogen (secondary N) is 1. The first-order valence-corrected chi connectivity index (χ1v) is 7.05. The summed E-state index contributed by atoms with van der Waals surface area (Å²) in [5.74, 6) is 0.208. The average Bonchev–Trinajstić information content (AvgIpc) is 2.58. The molecule has 2 rings (SSSR count). The minimum atomic E-state index is -0.388. The van der Waals surface area contributed by atoms with Crippen LogP contribution in [0.2, 0.25) is 0 Å². The highest BCUT2D eigenvalue weighted by atomic mass is 16.5. The Morgan fingerprint density at radius 2 is 2.09 bits per heavy atom. The summed E-state index contributed by atoms with van der Waals surface area (Å²) in [6.45, 7) is 3.65. The van der Waals surface area contributed by atoms with Gasteiger partial charge in [-0.25, -0.2) is 5.43 Å². The van der Waals surface area contributed by atoms with Crippen molar-refractivity contribution in [1.29, 1.82) is 0 Å². The second-order valence-corrected chi connectivity index (χ2v) is 4.75. The van der Waals surface area contributed by atoms with E-state index in [0.29, 0.717) is 23.3 Å². The van der Waals surface area contributed by atoms with Gasteiger partial charge < -0.3 is 9.84 Å². The standard InChI is InChI=1S/C18H18N2O3/c1-3-7-13-8-6-9-14(17(13)21)12-19-20-18(22)15-10-4-5-11-16(15)23-2/h3-6,8-12,21H,1,7H2,2H3,(H,20,22)/b19-12+. The highest BCUT2D eigenvalue weighted by molar-refractivity contribution is 5.97. The fourth-order valence-corrected chi connectivity index (χ4v) is 2.09.